The van der Waals surface area contributed by atoms with Gasteiger partial charge in [-0.3, -0.25) is 4.99 Å². The van der Waals surface area contributed by atoms with Gasteiger partial charge in [-0.1, -0.05) is 18.2 Å². The Morgan fingerprint density at radius 1 is 1.33 bits per heavy atom. The van der Waals surface area contributed by atoms with Gasteiger partial charge < -0.3 is 15.0 Å². The molecule has 0 radical (unpaired) electrons. The van der Waals surface area contributed by atoms with E-state index in [4.69, 9.17) is 4.74 Å². The highest BCUT2D eigenvalue weighted by atomic mass is 32.1. The zero-order chi connectivity index (χ0) is 17.2. The highest BCUT2D eigenvalue weighted by Gasteiger charge is 2.08. The van der Waals surface area contributed by atoms with Crippen molar-refractivity contribution < 1.29 is 4.74 Å². The molecule has 0 amide bonds. The Balaban J connectivity index is 1.78. The van der Waals surface area contributed by atoms with Crippen LogP contribution in [0.3, 0.4) is 0 Å². The summed E-state index contributed by atoms with van der Waals surface area (Å²) in [4.78, 5) is 11.3. The Morgan fingerprint density at radius 2 is 2.12 bits per heavy atom. The van der Waals surface area contributed by atoms with Gasteiger partial charge in [0.2, 0.25) is 0 Å². The average Bonchev–Trinajstić information content (AvgIpc) is 2.99. The van der Waals surface area contributed by atoms with Crippen molar-refractivity contribution in [3.05, 3.63) is 46.4 Å². The van der Waals surface area contributed by atoms with Crippen LogP contribution in [0.15, 0.2) is 40.7 Å². The van der Waals surface area contributed by atoms with Gasteiger partial charge in [-0.2, -0.15) is 0 Å². The van der Waals surface area contributed by atoms with Crippen LogP contribution in [-0.4, -0.2) is 42.6 Å². The standard InChI is InChI=1S/C18H26N4OS/c1-4-19-18(22(3)13-16-14-24-15(2)21-16)20-11-8-12-23-17-9-6-5-7-10-17/h5-7,9-10,14H,4,8,11-13H2,1-3H3,(H,19,20). The third-order valence-corrected chi connectivity index (χ3v) is 4.16. The maximum atomic E-state index is 5.69. The van der Waals surface area contributed by atoms with Crippen LogP contribution >= 0.6 is 11.3 Å². The summed E-state index contributed by atoms with van der Waals surface area (Å²) in [6, 6.07) is 9.88. The molecule has 24 heavy (non-hydrogen) atoms. The maximum absolute atomic E-state index is 5.69. The van der Waals surface area contributed by atoms with Crippen LogP contribution in [0.4, 0.5) is 0 Å². The van der Waals surface area contributed by atoms with Gasteiger partial charge in [0.15, 0.2) is 5.96 Å². The molecule has 0 aliphatic heterocycles. The van der Waals surface area contributed by atoms with Crippen molar-refractivity contribution >= 4 is 17.3 Å². The number of aryl methyl sites for hydroxylation is 1. The molecule has 0 spiro atoms. The van der Waals surface area contributed by atoms with Gasteiger partial charge in [-0.05, 0) is 26.0 Å². The molecule has 1 aromatic carbocycles. The maximum Gasteiger partial charge on any atom is 0.194 e. The predicted molar refractivity (Wildman–Crippen MR) is 101 cm³/mol. The fourth-order valence-corrected chi connectivity index (χ4v) is 2.83. The Kier molecular flexibility index (Phi) is 7.55. The number of para-hydroxylation sites is 1. The molecule has 0 bridgehead atoms. The third kappa shape index (κ3) is 6.20. The fourth-order valence-electron chi connectivity index (χ4n) is 2.22. The summed E-state index contributed by atoms with van der Waals surface area (Å²) in [6.07, 6.45) is 0.882. The number of hydrogen-bond acceptors (Lipinski definition) is 4. The van der Waals surface area contributed by atoms with Crippen LogP contribution in [0.2, 0.25) is 0 Å². The molecule has 1 N–H and O–H groups in total. The smallest absolute Gasteiger partial charge is 0.194 e. The molecule has 0 aliphatic rings. The van der Waals surface area contributed by atoms with E-state index in [0.717, 1.165) is 48.5 Å². The van der Waals surface area contributed by atoms with Crippen LogP contribution in [-0.2, 0) is 6.54 Å². The first-order chi connectivity index (χ1) is 11.7. The minimum absolute atomic E-state index is 0.669. The Labute approximate surface area is 148 Å². The van der Waals surface area contributed by atoms with E-state index in [1.807, 2.05) is 44.3 Å². The van der Waals surface area contributed by atoms with Crippen LogP contribution < -0.4 is 10.1 Å². The first kappa shape index (κ1) is 18.3. The van der Waals surface area contributed by atoms with E-state index in [2.05, 4.69) is 32.5 Å². The lowest BCUT2D eigenvalue weighted by molar-refractivity contribution is 0.313. The number of aliphatic imine (C=N–C) groups is 1. The van der Waals surface area contributed by atoms with Crippen LogP contribution in [0.1, 0.15) is 24.0 Å². The zero-order valence-corrected chi connectivity index (χ0v) is 15.5. The second-order valence-corrected chi connectivity index (χ2v) is 6.53. The Morgan fingerprint density at radius 3 is 2.79 bits per heavy atom. The van der Waals surface area contributed by atoms with E-state index in [9.17, 15) is 0 Å². The molecule has 2 rings (SSSR count). The highest BCUT2D eigenvalue weighted by molar-refractivity contribution is 7.09. The first-order valence-electron chi connectivity index (χ1n) is 8.27. The normalized spacial score (nSPS) is 11.4. The molecule has 0 fully saturated rings. The quantitative estimate of drug-likeness (QED) is 0.453. The summed E-state index contributed by atoms with van der Waals surface area (Å²) in [7, 11) is 2.04. The molecule has 2 aromatic rings. The van der Waals surface area contributed by atoms with Crippen molar-refractivity contribution in [2.45, 2.75) is 26.8 Å². The van der Waals surface area contributed by atoms with E-state index in [0.29, 0.717) is 6.61 Å². The molecule has 130 valence electrons. The molecular weight excluding hydrogens is 320 g/mol. The average molecular weight is 347 g/mol. The zero-order valence-electron chi connectivity index (χ0n) is 14.7. The molecule has 6 heteroatoms. The van der Waals surface area contributed by atoms with Gasteiger partial charge in [0.1, 0.15) is 5.75 Å². The van der Waals surface area contributed by atoms with E-state index < -0.39 is 0 Å². The van der Waals surface area contributed by atoms with Crippen LogP contribution in [0, 0.1) is 6.92 Å². The van der Waals surface area contributed by atoms with Crippen LogP contribution in [0.25, 0.3) is 0 Å². The number of nitrogens with one attached hydrogen (secondary N) is 1. The summed E-state index contributed by atoms with van der Waals surface area (Å²) in [6.45, 7) is 7.11. The minimum atomic E-state index is 0.669. The van der Waals surface area contributed by atoms with E-state index in [-0.39, 0.29) is 0 Å². The number of guanidine groups is 1. The van der Waals surface area contributed by atoms with E-state index in [1.54, 1.807) is 11.3 Å². The molecule has 0 atom stereocenters. The largest absolute Gasteiger partial charge is 0.494 e. The number of aromatic nitrogens is 1. The summed E-state index contributed by atoms with van der Waals surface area (Å²) in [5, 5.41) is 6.52. The molecule has 1 heterocycles. The number of benzene rings is 1. The molecule has 0 unspecified atom stereocenters. The number of thiazole rings is 1. The van der Waals surface area contributed by atoms with Crippen molar-refractivity contribution in [2.75, 3.05) is 26.7 Å². The van der Waals surface area contributed by atoms with E-state index >= 15 is 0 Å². The summed E-state index contributed by atoms with van der Waals surface area (Å²) in [5.74, 6) is 1.81. The molecule has 0 aliphatic carbocycles. The van der Waals surface area contributed by atoms with Crippen LogP contribution in [0.5, 0.6) is 5.75 Å². The van der Waals surface area contributed by atoms with Crippen molar-refractivity contribution in [2.24, 2.45) is 4.99 Å². The van der Waals surface area contributed by atoms with Gasteiger partial charge in [-0.15, -0.1) is 11.3 Å². The van der Waals surface area contributed by atoms with Crippen molar-refractivity contribution in [1.82, 2.24) is 15.2 Å². The number of ether oxygens (including phenoxy) is 1. The van der Waals surface area contributed by atoms with Crippen molar-refractivity contribution in [3.8, 4) is 5.75 Å². The Bertz CT molecular complexity index is 627. The topological polar surface area (TPSA) is 49.8 Å². The van der Waals surface area contributed by atoms with Gasteiger partial charge in [0, 0.05) is 31.9 Å². The summed E-state index contributed by atoms with van der Waals surface area (Å²) in [5.41, 5.74) is 1.08. The number of nitrogens with zero attached hydrogens (tertiary/aromatic N) is 3. The monoisotopic (exact) mass is 346 g/mol. The molecule has 5 nitrogen and oxygen atoms in total. The minimum Gasteiger partial charge on any atom is -0.494 e. The lowest BCUT2D eigenvalue weighted by Gasteiger charge is -2.21. The Hall–Kier alpha value is -2.08. The van der Waals surface area contributed by atoms with Gasteiger partial charge in [0.05, 0.1) is 23.9 Å². The first-order valence-corrected chi connectivity index (χ1v) is 9.15. The second kappa shape index (κ2) is 9.93. The molecular formula is C18H26N4OS. The lowest BCUT2D eigenvalue weighted by atomic mass is 10.3. The predicted octanol–water partition coefficient (Wildman–Crippen LogP) is 3.32. The SMILES string of the molecule is CCNC(=NCCCOc1ccccc1)N(C)Cc1csc(C)n1. The second-order valence-electron chi connectivity index (χ2n) is 5.46. The summed E-state index contributed by atoms with van der Waals surface area (Å²) >= 11 is 1.68. The highest BCUT2D eigenvalue weighted by Crippen LogP contribution is 2.10. The lowest BCUT2D eigenvalue weighted by Crippen LogP contribution is -2.38. The van der Waals surface area contributed by atoms with Crippen molar-refractivity contribution in [3.63, 3.8) is 0 Å². The van der Waals surface area contributed by atoms with Gasteiger partial charge >= 0.3 is 0 Å². The van der Waals surface area contributed by atoms with Gasteiger partial charge in [-0.25, -0.2) is 4.98 Å². The van der Waals surface area contributed by atoms with Crippen molar-refractivity contribution in [1.29, 1.82) is 0 Å². The summed E-state index contributed by atoms with van der Waals surface area (Å²) < 4.78 is 5.69. The fraction of sp³-hybridized carbons (Fsp3) is 0.444. The molecule has 1 aromatic heterocycles. The number of rotatable bonds is 8. The number of hydrogen-bond donors (Lipinski definition) is 1. The molecule has 0 saturated heterocycles. The van der Waals surface area contributed by atoms with E-state index in [1.165, 1.54) is 0 Å². The molecule has 0 saturated carbocycles. The third-order valence-electron chi connectivity index (χ3n) is 3.34. The van der Waals surface area contributed by atoms with Gasteiger partial charge in [0.25, 0.3) is 0 Å².